The molecule has 2 rings (SSSR count). The monoisotopic (exact) mass is 195 g/mol. The van der Waals surface area contributed by atoms with Gasteiger partial charge in [0.15, 0.2) is 5.82 Å². The van der Waals surface area contributed by atoms with E-state index < -0.39 is 0 Å². The molecule has 0 atom stereocenters. The molecule has 1 aliphatic heterocycles. The molecule has 0 aliphatic carbocycles. The molecule has 5 nitrogen and oxygen atoms in total. The smallest absolute Gasteiger partial charge is 0.240 e. The third-order valence-electron chi connectivity index (χ3n) is 2.26. The van der Waals surface area contributed by atoms with Gasteiger partial charge in [-0.15, -0.1) is 0 Å². The Bertz CT molecular complexity index is 335. The molecule has 0 aromatic carbocycles. The maximum absolute atomic E-state index is 11.2. The summed E-state index contributed by atoms with van der Waals surface area (Å²) < 4.78 is 4.99. The predicted octanol–water partition coefficient (Wildman–Crippen LogP) is 0.543. The van der Waals surface area contributed by atoms with Crippen LogP contribution < -0.4 is 0 Å². The highest BCUT2D eigenvalue weighted by Gasteiger charge is 2.18. The molecule has 0 radical (unpaired) electrons. The maximum atomic E-state index is 11.2. The number of likely N-dealkylation sites (tertiary alicyclic amines) is 1. The summed E-state index contributed by atoms with van der Waals surface area (Å²) >= 11 is 0. The first-order valence-corrected chi connectivity index (χ1v) is 4.77. The Morgan fingerprint density at radius 3 is 3.07 bits per heavy atom. The molecule has 0 unspecified atom stereocenters. The normalized spacial score (nSPS) is 18.8. The number of ketones is 1. The van der Waals surface area contributed by atoms with Gasteiger partial charge in [-0.1, -0.05) is 5.16 Å². The number of hydrogen-bond acceptors (Lipinski definition) is 5. The predicted molar refractivity (Wildman–Crippen MR) is 48.6 cm³/mol. The molecular formula is C9H13N3O2. The van der Waals surface area contributed by atoms with Crippen LogP contribution in [0.25, 0.3) is 0 Å². The summed E-state index contributed by atoms with van der Waals surface area (Å²) in [5, 5.41) is 3.70. The third-order valence-corrected chi connectivity index (χ3v) is 2.26. The first-order valence-electron chi connectivity index (χ1n) is 4.77. The van der Waals surface area contributed by atoms with E-state index in [0.717, 1.165) is 13.0 Å². The molecule has 5 heteroatoms. The minimum atomic E-state index is 0.299. The van der Waals surface area contributed by atoms with Gasteiger partial charge in [0.05, 0.1) is 13.1 Å². The van der Waals surface area contributed by atoms with E-state index in [1.807, 2.05) is 4.90 Å². The lowest BCUT2D eigenvalue weighted by atomic mass is 10.1. The Morgan fingerprint density at radius 1 is 1.57 bits per heavy atom. The zero-order valence-electron chi connectivity index (χ0n) is 8.19. The Labute approximate surface area is 82.1 Å². The van der Waals surface area contributed by atoms with Gasteiger partial charge in [0, 0.05) is 6.42 Å². The molecule has 1 fully saturated rings. The SMILES string of the molecule is Cc1noc(CN2CCCC(=O)C2)n1. The second-order valence-corrected chi connectivity index (χ2v) is 3.59. The topological polar surface area (TPSA) is 59.2 Å². The number of aromatic nitrogens is 2. The van der Waals surface area contributed by atoms with Crippen molar-refractivity contribution in [1.29, 1.82) is 0 Å². The lowest BCUT2D eigenvalue weighted by Gasteiger charge is -2.23. The molecule has 1 aromatic heterocycles. The van der Waals surface area contributed by atoms with Gasteiger partial charge in [-0.3, -0.25) is 9.69 Å². The van der Waals surface area contributed by atoms with E-state index in [9.17, 15) is 4.79 Å². The van der Waals surface area contributed by atoms with Crippen LogP contribution in [0.3, 0.4) is 0 Å². The lowest BCUT2D eigenvalue weighted by molar-refractivity contribution is -0.122. The molecule has 76 valence electrons. The summed E-state index contributed by atoms with van der Waals surface area (Å²) in [6.07, 6.45) is 1.64. The second-order valence-electron chi connectivity index (χ2n) is 3.59. The van der Waals surface area contributed by atoms with Crippen LogP contribution in [0, 0.1) is 6.92 Å². The van der Waals surface area contributed by atoms with E-state index >= 15 is 0 Å². The van der Waals surface area contributed by atoms with Crippen molar-refractivity contribution in [3.63, 3.8) is 0 Å². The largest absolute Gasteiger partial charge is 0.338 e. The molecule has 0 spiro atoms. The van der Waals surface area contributed by atoms with E-state index in [4.69, 9.17) is 4.52 Å². The summed E-state index contributed by atoms with van der Waals surface area (Å²) in [7, 11) is 0. The summed E-state index contributed by atoms with van der Waals surface area (Å²) in [4.78, 5) is 17.3. The van der Waals surface area contributed by atoms with Crippen LogP contribution in [-0.4, -0.2) is 33.9 Å². The van der Waals surface area contributed by atoms with Crippen molar-refractivity contribution in [2.24, 2.45) is 0 Å². The number of carbonyl (C=O) groups is 1. The van der Waals surface area contributed by atoms with E-state index in [2.05, 4.69) is 10.1 Å². The average molecular weight is 195 g/mol. The fraction of sp³-hybridized carbons (Fsp3) is 0.667. The molecule has 2 heterocycles. The fourth-order valence-electron chi connectivity index (χ4n) is 1.64. The van der Waals surface area contributed by atoms with Gasteiger partial charge in [0.2, 0.25) is 5.89 Å². The summed E-state index contributed by atoms with van der Waals surface area (Å²) in [5.41, 5.74) is 0. The Kier molecular flexibility index (Phi) is 2.58. The van der Waals surface area contributed by atoms with Crippen molar-refractivity contribution in [3.8, 4) is 0 Å². The van der Waals surface area contributed by atoms with E-state index in [1.165, 1.54) is 0 Å². The van der Waals surface area contributed by atoms with Crippen LogP contribution in [0.4, 0.5) is 0 Å². The molecule has 14 heavy (non-hydrogen) atoms. The van der Waals surface area contributed by atoms with Gasteiger partial charge in [-0.25, -0.2) is 0 Å². The van der Waals surface area contributed by atoms with Crippen molar-refractivity contribution >= 4 is 5.78 Å². The van der Waals surface area contributed by atoms with E-state index in [1.54, 1.807) is 6.92 Å². The quantitative estimate of drug-likeness (QED) is 0.689. The maximum Gasteiger partial charge on any atom is 0.240 e. The number of carbonyl (C=O) groups excluding carboxylic acids is 1. The Morgan fingerprint density at radius 2 is 2.43 bits per heavy atom. The Balaban J connectivity index is 1.93. The van der Waals surface area contributed by atoms with Gasteiger partial charge in [-0.2, -0.15) is 4.98 Å². The fourth-order valence-corrected chi connectivity index (χ4v) is 1.64. The van der Waals surface area contributed by atoms with Crippen molar-refractivity contribution in [2.75, 3.05) is 13.1 Å². The van der Waals surface area contributed by atoms with E-state index in [0.29, 0.717) is 37.0 Å². The average Bonchev–Trinajstić information content (AvgIpc) is 2.51. The Hall–Kier alpha value is -1.23. The summed E-state index contributed by atoms with van der Waals surface area (Å²) in [5.74, 6) is 1.54. The number of nitrogens with zero attached hydrogens (tertiary/aromatic N) is 3. The zero-order valence-corrected chi connectivity index (χ0v) is 8.19. The van der Waals surface area contributed by atoms with Crippen LogP contribution in [0.15, 0.2) is 4.52 Å². The lowest BCUT2D eigenvalue weighted by Crippen LogP contribution is -2.35. The van der Waals surface area contributed by atoms with Crippen LogP contribution in [-0.2, 0) is 11.3 Å². The van der Waals surface area contributed by atoms with Crippen molar-refractivity contribution in [2.45, 2.75) is 26.3 Å². The summed E-state index contributed by atoms with van der Waals surface area (Å²) in [6, 6.07) is 0. The minimum absolute atomic E-state index is 0.299. The third kappa shape index (κ3) is 2.17. The highest BCUT2D eigenvalue weighted by atomic mass is 16.5. The molecule has 0 saturated carbocycles. The molecule has 0 N–H and O–H groups in total. The van der Waals surface area contributed by atoms with Gasteiger partial charge < -0.3 is 4.52 Å². The van der Waals surface area contributed by atoms with Gasteiger partial charge >= 0.3 is 0 Å². The van der Waals surface area contributed by atoms with Gasteiger partial charge in [0.25, 0.3) is 0 Å². The van der Waals surface area contributed by atoms with Gasteiger partial charge in [-0.05, 0) is 19.9 Å². The number of piperidine rings is 1. The van der Waals surface area contributed by atoms with Crippen LogP contribution in [0.5, 0.6) is 0 Å². The molecule has 1 aromatic rings. The standard InChI is InChI=1S/C9H13N3O2/c1-7-10-9(14-11-7)6-12-4-2-3-8(13)5-12/h2-6H2,1H3. The number of Topliss-reactive ketones (excluding diaryl/α,β-unsaturated/α-hetero) is 1. The van der Waals surface area contributed by atoms with Gasteiger partial charge in [0.1, 0.15) is 5.78 Å². The number of hydrogen-bond donors (Lipinski definition) is 0. The van der Waals surface area contributed by atoms with E-state index in [-0.39, 0.29) is 0 Å². The molecule has 1 aliphatic rings. The molecule has 1 saturated heterocycles. The van der Waals surface area contributed by atoms with Crippen LogP contribution in [0.2, 0.25) is 0 Å². The van der Waals surface area contributed by atoms with Crippen molar-refractivity contribution in [3.05, 3.63) is 11.7 Å². The molecule has 0 amide bonds. The second kappa shape index (κ2) is 3.88. The summed E-state index contributed by atoms with van der Waals surface area (Å²) in [6.45, 7) is 3.83. The first-order chi connectivity index (χ1) is 6.74. The zero-order chi connectivity index (χ0) is 9.97. The van der Waals surface area contributed by atoms with Crippen LogP contribution in [0.1, 0.15) is 24.6 Å². The highest BCUT2D eigenvalue weighted by molar-refractivity contribution is 5.81. The minimum Gasteiger partial charge on any atom is -0.338 e. The molecule has 0 bridgehead atoms. The van der Waals surface area contributed by atoms with Crippen LogP contribution >= 0.6 is 0 Å². The molecular weight excluding hydrogens is 182 g/mol. The van der Waals surface area contributed by atoms with Crippen molar-refractivity contribution in [1.82, 2.24) is 15.0 Å². The highest BCUT2D eigenvalue weighted by Crippen LogP contribution is 2.09. The first kappa shape index (κ1) is 9.33. The number of aryl methyl sites for hydroxylation is 1. The number of rotatable bonds is 2. The van der Waals surface area contributed by atoms with Crippen molar-refractivity contribution < 1.29 is 9.32 Å².